The van der Waals surface area contributed by atoms with Gasteiger partial charge in [0.1, 0.15) is 0 Å². The Morgan fingerprint density at radius 2 is 2.04 bits per heavy atom. The van der Waals surface area contributed by atoms with Crippen LogP contribution in [0.1, 0.15) is 39.2 Å². The number of ether oxygens (including phenoxy) is 2. The highest BCUT2D eigenvalue weighted by molar-refractivity contribution is 5.91. The van der Waals surface area contributed by atoms with Crippen LogP contribution in [0.2, 0.25) is 0 Å². The van der Waals surface area contributed by atoms with Crippen molar-refractivity contribution >= 4 is 12.0 Å². The molecule has 1 aromatic carbocycles. The number of hydrogen-bond donors (Lipinski definition) is 0. The number of benzene rings is 1. The molecule has 0 aliphatic rings. The first kappa shape index (κ1) is 19.1. The quantitative estimate of drug-likeness (QED) is 0.646. The summed E-state index contributed by atoms with van der Waals surface area (Å²) >= 11 is 0. The van der Waals surface area contributed by atoms with Crippen LogP contribution in [0.4, 0.5) is 0 Å². The molecule has 0 N–H and O–H groups in total. The fourth-order valence-corrected chi connectivity index (χ4v) is 1.96. The van der Waals surface area contributed by atoms with Crippen molar-refractivity contribution in [3.63, 3.8) is 0 Å². The minimum atomic E-state index is 0.0116. The average molecular weight is 319 g/mol. The van der Waals surface area contributed by atoms with Gasteiger partial charge >= 0.3 is 0 Å². The molecular weight excluding hydrogens is 290 g/mol. The number of methoxy groups -OCH3 is 1. The van der Waals surface area contributed by atoms with Crippen molar-refractivity contribution in [3.05, 3.63) is 29.8 Å². The number of likely N-dealkylation sites (N-methyl/N-ethyl adjacent to an activating group) is 1. The summed E-state index contributed by atoms with van der Waals surface area (Å²) in [6, 6.07) is 5.69. The van der Waals surface area contributed by atoms with Crippen LogP contribution in [0.5, 0.6) is 11.5 Å². The van der Waals surface area contributed by atoms with Gasteiger partial charge in [0, 0.05) is 19.7 Å². The van der Waals surface area contributed by atoms with Gasteiger partial charge in [0.05, 0.1) is 13.7 Å². The third kappa shape index (κ3) is 6.76. The monoisotopic (exact) mass is 319 g/mol. The highest BCUT2D eigenvalue weighted by atomic mass is 16.5. The minimum Gasteiger partial charge on any atom is -0.493 e. The molecule has 4 heteroatoms. The molecule has 0 atom stereocenters. The van der Waals surface area contributed by atoms with Crippen molar-refractivity contribution in [1.29, 1.82) is 0 Å². The van der Waals surface area contributed by atoms with Gasteiger partial charge in [0.25, 0.3) is 0 Å². The third-order valence-corrected chi connectivity index (χ3v) is 3.40. The molecule has 0 aromatic heterocycles. The summed E-state index contributed by atoms with van der Waals surface area (Å²) in [7, 11) is 3.44. The van der Waals surface area contributed by atoms with Crippen molar-refractivity contribution in [2.75, 3.05) is 27.3 Å². The lowest BCUT2D eigenvalue weighted by Gasteiger charge is -2.14. The molecular formula is C19H29NO3. The molecule has 1 rings (SSSR count). The zero-order valence-electron chi connectivity index (χ0n) is 15.0. The van der Waals surface area contributed by atoms with Crippen LogP contribution in [-0.4, -0.2) is 38.1 Å². The van der Waals surface area contributed by atoms with E-state index >= 15 is 0 Å². The predicted molar refractivity (Wildman–Crippen MR) is 94.9 cm³/mol. The molecule has 4 nitrogen and oxygen atoms in total. The highest BCUT2D eigenvalue weighted by Gasteiger charge is 2.07. The Balaban J connectivity index is 2.73. The summed E-state index contributed by atoms with van der Waals surface area (Å²) < 4.78 is 11.1. The van der Waals surface area contributed by atoms with Gasteiger partial charge in [-0.1, -0.05) is 33.3 Å². The fourth-order valence-electron chi connectivity index (χ4n) is 1.96. The number of hydrogen-bond acceptors (Lipinski definition) is 3. The largest absolute Gasteiger partial charge is 0.493 e. The van der Waals surface area contributed by atoms with Crippen LogP contribution in [0, 0.1) is 5.92 Å². The van der Waals surface area contributed by atoms with Crippen LogP contribution < -0.4 is 9.47 Å². The fraction of sp³-hybridized carbons (Fsp3) is 0.526. The van der Waals surface area contributed by atoms with Crippen molar-refractivity contribution in [3.8, 4) is 11.5 Å². The van der Waals surface area contributed by atoms with E-state index in [0.717, 1.165) is 30.7 Å². The number of rotatable bonds is 9. The predicted octanol–water partition coefficient (Wildman–Crippen LogP) is 4.00. The summed E-state index contributed by atoms with van der Waals surface area (Å²) in [5.41, 5.74) is 0.913. The number of nitrogens with zero attached hydrogens (tertiary/aromatic N) is 1. The van der Waals surface area contributed by atoms with E-state index in [1.807, 2.05) is 25.2 Å². The molecule has 0 saturated carbocycles. The molecule has 0 aliphatic heterocycles. The molecule has 0 aliphatic carbocycles. The molecule has 128 valence electrons. The van der Waals surface area contributed by atoms with Crippen molar-refractivity contribution in [2.24, 2.45) is 5.92 Å². The number of carbonyl (C=O) groups excluding carboxylic acids is 1. The maximum Gasteiger partial charge on any atom is 0.246 e. The van der Waals surface area contributed by atoms with Gasteiger partial charge in [-0.2, -0.15) is 0 Å². The van der Waals surface area contributed by atoms with Gasteiger partial charge < -0.3 is 14.4 Å². The molecule has 0 spiro atoms. The molecule has 0 unspecified atom stereocenters. The highest BCUT2D eigenvalue weighted by Crippen LogP contribution is 2.29. The zero-order chi connectivity index (χ0) is 17.2. The topological polar surface area (TPSA) is 38.8 Å². The Morgan fingerprint density at radius 3 is 2.65 bits per heavy atom. The Morgan fingerprint density at radius 1 is 1.30 bits per heavy atom. The molecule has 0 saturated heterocycles. The SMILES string of the molecule is CCCCN(C)C(=O)/C=C/c1ccc(OCC(C)C)c(OC)c1. The van der Waals surface area contributed by atoms with Gasteiger partial charge in [0.15, 0.2) is 11.5 Å². The van der Waals surface area contributed by atoms with E-state index < -0.39 is 0 Å². The smallest absolute Gasteiger partial charge is 0.246 e. The van der Waals surface area contributed by atoms with E-state index in [-0.39, 0.29) is 5.91 Å². The summed E-state index contributed by atoms with van der Waals surface area (Å²) in [5, 5.41) is 0. The van der Waals surface area contributed by atoms with E-state index in [1.54, 1.807) is 24.2 Å². The van der Waals surface area contributed by atoms with Crippen LogP contribution in [0.25, 0.3) is 6.08 Å². The summed E-state index contributed by atoms with van der Waals surface area (Å²) in [5.74, 6) is 1.87. The molecule has 1 amide bonds. The van der Waals surface area contributed by atoms with Gasteiger partial charge in [0.2, 0.25) is 5.91 Å². The Labute approximate surface area is 140 Å². The van der Waals surface area contributed by atoms with Gasteiger partial charge in [-0.15, -0.1) is 0 Å². The lowest BCUT2D eigenvalue weighted by atomic mass is 10.1. The number of unbranched alkanes of at least 4 members (excludes halogenated alkanes) is 1. The van der Waals surface area contributed by atoms with E-state index in [0.29, 0.717) is 18.3 Å². The molecule has 0 fully saturated rings. The summed E-state index contributed by atoms with van der Waals surface area (Å²) in [4.78, 5) is 13.7. The number of carbonyl (C=O) groups is 1. The molecule has 1 aromatic rings. The first-order valence-electron chi connectivity index (χ1n) is 8.22. The minimum absolute atomic E-state index is 0.0116. The first-order valence-corrected chi connectivity index (χ1v) is 8.22. The number of amides is 1. The lowest BCUT2D eigenvalue weighted by molar-refractivity contribution is -0.124. The van der Waals surface area contributed by atoms with Crippen molar-refractivity contribution in [2.45, 2.75) is 33.6 Å². The van der Waals surface area contributed by atoms with E-state index in [9.17, 15) is 4.79 Å². The maximum atomic E-state index is 12.0. The van der Waals surface area contributed by atoms with E-state index in [4.69, 9.17) is 9.47 Å². The normalized spacial score (nSPS) is 11.0. The van der Waals surface area contributed by atoms with Gasteiger partial charge in [-0.05, 0) is 36.1 Å². The van der Waals surface area contributed by atoms with Crippen molar-refractivity contribution < 1.29 is 14.3 Å². The van der Waals surface area contributed by atoms with Crippen molar-refractivity contribution in [1.82, 2.24) is 4.90 Å². The Bertz CT molecular complexity index is 523. The molecule has 0 heterocycles. The second-order valence-corrected chi connectivity index (χ2v) is 6.06. The van der Waals surface area contributed by atoms with Gasteiger partial charge in [-0.25, -0.2) is 0 Å². The second-order valence-electron chi connectivity index (χ2n) is 6.06. The Kier molecular flexibility index (Phi) is 8.23. The average Bonchev–Trinajstić information content (AvgIpc) is 2.55. The summed E-state index contributed by atoms with van der Waals surface area (Å²) in [6.45, 7) is 7.75. The standard InChI is InChI=1S/C19H29NO3/c1-6-7-12-20(4)19(21)11-9-16-8-10-17(18(13-16)22-5)23-14-15(2)3/h8-11,13,15H,6-7,12,14H2,1-5H3/b11-9+. The van der Waals surface area contributed by atoms with Crippen LogP contribution in [0.15, 0.2) is 24.3 Å². The van der Waals surface area contributed by atoms with Crippen LogP contribution in [0.3, 0.4) is 0 Å². The molecule has 23 heavy (non-hydrogen) atoms. The molecule has 0 radical (unpaired) electrons. The van der Waals surface area contributed by atoms with E-state index in [1.165, 1.54) is 0 Å². The maximum absolute atomic E-state index is 12.0. The van der Waals surface area contributed by atoms with Crippen LogP contribution >= 0.6 is 0 Å². The van der Waals surface area contributed by atoms with Crippen LogP contribution in [-0.2, 0) is 4.79 Å². The lowest BCUT2D eigenvalue weighted by Crippen LogP contribution is -2.25. The Hall–Kier alpha value is -1.97. The third-order valence-electron chi connectivity index (χ3n) is 3.40. The molecule has 0 bridgehead atoms. The zero-order valence-corrected chi connectivity index (χ0v) is 15.0. The van der Waals surface area contributed by atoms with E-state index in [2.05, 4.69) is 20.8 Å². The first-order chi connectivity index (χ1) is 11.0. The van der Waals surface area contributed by atoms with Gasteiger partial charge in [-0.3, -0.25) is 4.79 Å². The second kappa shape index (κ2) is 9.93. The summed E-state index contributed by atoms with van der Waals surface area (Å²) in [6.07, 6.45) is 5.50.